The van der Waals surface area contributed by atoms with Crippen LogP contribution in [0, 0.1) is 0 Å². The third kappa shape index (κ3) is 6.60. The monoisotopic (exact) mass is 415 g/mol. The summed E-state index contributed by atoms with van der Waals surface area (Å²) in [5.74, 6) is 0.703. The van der Waals surface area contributed by atoms with Crippen molar-refractivity contribution in [2.45, 2.75) is 11.8 Å². The summed E-state index contributed by atoms with van der Waals surface area (Å²) in [7, 11) is 0. The normalized spacial score (nSPS) is 11.8. The first-order valence-corrected chi connectivity index (χ1v) is 9.47. The Morgan fingerprint density at radius 2 is 1.88 bits per heavy atom. The van der Waals surface area contributed by atoms with Crippen LogP contribution in [0.4, 0.5) is 4.79 Å². The molecular formula is C19H20Cl3NO3. The Kier molecular flexibility index (Phi) is 8.36. The molecule has 0 radical (unpaired) electrons. The quantitative estimate of drug-likeness (QED) is 0.576. The molecule has 1 atom stereocenters. The number of hydrogen-bond donors (Lipinski definition) is 1. The van der Waals surface area contributed by atoms with Crippen molar-refractivity contribution < 1.29 is 14.6 Å². The van der Waals surface area contributed by atoms with E-state index in [1.165, 1.54) is 10.5 Å². The molecule has 140 valence electrons. The molecule has 0 fully saturated rings. The summed E-state index contributed by atoms with van der Waals surface area (Å²) in [6, 6.07) is 15.7. The molecule has 0 saturated carbocycles. The molecule has 0 bridgehead atoms. The molecule has 2 rings (SSSR count). The van der Waals surface area contributed by atoms with Crippen LogP contribution in [-0.2, 0) is 6.42 Å². The summed E-state index contributed by atoms with van der Waals surface area (Å²) in [6.45, 7) is 0.501. The van der Waals surface area contributed by atoms with Crippen LogP contribution in [0.3, 0.4) is 0 Å². The number of benzene rings is 2. The predicted octanol–water partition coefficient (Wildman–Crippen LogP) is 5.14. The fraction of sp³-hybridized carbons (Fsp3) is 0.316. The van der Waals surface area contributed by atoms with Gasteiger partial charge in [-0.05, 0) is 29.7 Å². The van der Waals surface area contributed by atoms with Crippen molar-refractivity contribution >= 4 is 40.9 Å². The van der Waals surface area contributed by atoms with Crippen molar-refractivity contribution in [3.63, 3.8) is 0 Å². The summed E-state index contributed by atoms with van der Waals surface area (Å²) >= 11 is 17.8. The summed E-state index contributed by atoms with van der Waals surface area (Å²) in [5, 5.41) is 9.25. The van der Waals surface area contributed by atoms with E-state index in [0.717, 1.165) is 12.0 Å². The van der Waals surface area contributed by atoms with E-state index >= 15 is 0 Å². The third-order valence-corrected chi connectivity index (χ3v) is 4.84. The van der Waals surface area contributed by atoms with E-state index in [1.54, 1.807) is 6.07 Å². The summed E-state index contributed by atoms with van der Waals surface area (Å²) in [4.78, 5) is 12.4. The van der Waals surface area contributed by atoms with E-state index in [2.05, 4.69) is 12.1 Å². The van der Waals surface area contributed by atoms with Gasteiger partial charge in [-0.2, -0.15) is 0 Å². The topological polar surface area (TPSA) is 49.8 Å². The SMILES string of the molecule is O=C(O)N(CCOc1ccc(Cc2ccccc2)cc1Cl)CC(Cl)CCl. The van der Waals surface area contributed by atoms with Gasteiger partial charge >= 0.3 is 6.09 Å². The van der Waals surface area contributed by atoms with Gasteiger partial charge in [-0.15, -0.1) is 23.2 Å². The molecule has 1 unspecified atom stereocenters. The zero-order valence-electron chi connectivity index (χ0n) is 14.1. The van der Waals surface area contributed by atoms with Gasteiger partial charge in [-0.25, -0.2) is 4.79 Å². The molecule has 0 aliphatic rings. The van der Waals surface area contributed by atoms with Crippen LogP contribution in [0.2, 0.25) is 5.02 Å². The molecule has 26 heavy (non-hydrogen) atoms. The first-order chi connectivity index (χ1) is 12.5. The third-order valence-electron chi connectivity index (χ3n) is 3.72. The highest BCUT2D eigenvalue weighted by atomic mass is 35.5. The standard InChI is InChI=1S/C19H20Cl3NO3/c20-12-16(21)13-23(19(24)25)8-9-26-18-7-6-15(11-17(18)22)10-14-4-2-1-3-5-14/h1-7,11,16H,8-10,12-13H2,(H,24,25). The van der Waals surface area contributed by atoms with Gasteiger partial charge in [0.05, 0.1) is 16.9 Å². The average molecular weight is 417 g/mol. The van der Waals surface area contributed by atoms with E-state index in [1.807, 2.05) is 30.3 Å². The number of hydrogen-bond acceptors (Lipinski definition) is 2. The van der Waals surface area contributed by atoms with Crippen molar-refractivity contribution in [3.05, 3.63) is 64.7 Å². The van der Waals surface area contributed by atoms with Gasteiger partial charge in [0.25, 0.3) is 0 Å². The van der Waals surface area contributed by atoms with E-state index in [9.17, 15) is 9.90 Å². The minimum Gasteiger partial charge on any atom is -0.490 e. The average Bonchev–Trinajstić information content (AvgIpc) is 2.63. The largest absolute Gasteiger partial charge is 0.490 e. The second-order valence-electron chi connectivity index (χ2n) is 5.76. The molecule has 0 aliphatic heterocycles. The summed E-state index contributed by atoms with van der Waals surface area (Å²) < 4.78 is 5.62. The smallest absolute Gasteiger partial charge is 0.407 e. The molecule has 4 nitrogen and oxygen atoms in total. The molecule has 0 spiro atoms. The van der Waals surface area contributed by atoms with Gasteiger partial charge in [0.2, 0.25) is 0 Å². The van der Waals surface area contributed by atoms with Gasteiger partial charge in [0.15, 0.2) is 0 Å². The van der Waals surface area contributed by atoms with Gasteiger partial charge in [-0.3, -0.25) is 0 Å². The van der Waals surface area contributed by atoms with Crippen LogP contribution < -0.4 is 4.74 Å². The second kappa shape index (κ2) is 10.5. The van der Waals surface area contributed by atoms with Crippen molar-refractivity contribution in [1.29, 1.82) is 0 Å². The lowest BCUT2D eigenvalue weighted by molar-refractivity contribution is 0.136. The van der Waals surface area contributed by atoms with Crippen LogP contribution in [0.5, 0.6) is 5.75 Å². The Morgan fingerprint density at radius 1 is 1.15 bits per heavy atom. The molecule has 7 heteroatoms. The van der Waals surface area contributed by atoms with E-state index < -0.39 is 11.5 Å². The number of rotatable bonds is 9. The van der Waals surface area contributed by atoms with Crippen LogP contribution in [0.25, 0.3) is 0 Å². The maximum Gasteiger partial charge on any atom is 0.407 e. The molecule has 0 aliphatic carbocycles. The predicted molar refractivity (Wildman–Crippen MR) is 106 cm³/mol. The Balaban J connectivity index is 1.90. The van der Waals surface area contributed by atoms with Crippen LogP contribution in [-0.4, -0.2) is 47.1 Å². The van der Waals surface area contributed by atoms with Crippen LogP contribution >= 0.6 is 34.8 Å². The molecule has 0 saturated heterocycles. The molecule has 1 N–H and O–H groups in total. The fourth-order valence-electron chi connectivity index (χ4n) is 2.42. The highest BCUT2D eigenvalue weighted by Gasteiger charge is 2.16. The van der Waals surface area contributed by atoms with Crippen LogP contribution in [0.15, 0.2) is 48.5 Å². The second-order valence-corrected chi connectivity index (χ2v) is 7.09. The van der Waals surface area contributed by atoms with Gasteiger partial charge in [-0.1, -0.05) is 48.0 Å². The maximum atomic E-state index is 11.2. The maximum absolute atomic E-state index is 11.2. The number of carboxylic acid groups (broad SMARTS) is 1. The lowest BCUT2D eigenvalue weighted by atomic mass is 10.1. The zero-order valence-corrected chi connectivity index (χ0v) is 16.3. The molecular weight excluding hydrogens is 397 g/mol. The zero-order chi connectivity index (χ0) is 18.9. The van der Waals surface area contributed by atoms with Gasteiger partial charge in [0.1, 0.15) is 12.4 Å². The Hall–Kier alpha value is -1.62. The van der Waals surface area contributed by atoms with E-state index in [4.69, 9.17) is 39.5 Å². The lowest BCUT2D eigenvalue weighted by Gasteiger charge is -2.21. The molecule has 2 aromatic carbocycles. The summed E-state index contributed by atoms with van der Waals surface area (Å²) in [5.41, 5.74) is 2.28. The Bertz CT molecular complexity index is 712. The Labute approximate surface area is 168 Å². The number of ether oxygens (including phenoxy) is 1. The number of halogens is 3. The molecule has 1 amide bonds. The van der Waals surface area contributed by atoms with Crippen molar-refractivity contribution in [2.75, 3.05) is 25.6 Å². The Morgan fingerprint density at radius 3 is 2.50 bits per heavy atom. The first-order valence-electron chi connectivity index (χ1n) is 8.12. The number of alkyl halides is 2. The minimum atomic E-state index is -1.06. The molecule has 0 heterocycles. The van der Waals surface area contributed by atoms with Crippen molar-refractivity contribution in [1.82, 2.24) is 4.90 Å². The summed E-state index contributed by atoms with van der Waals surface area (Å²) in [6.07, 6.45) is -0.280. The van der Waals surface area contributed by atoms with Gasteiger partial charge < -0.3 is 14.7 Å². The molecule has 2 aromatic rings. The highest BCUT2D eigenvalue weighted by Crippen LogP contribution is 2.26. The minimum absolute atomic E-state index is 0.146. The number of amides is 1. The number of nitrogens with zero attached hydrogens (tertiary/aromatic N) is 1. The van der Waals surface area contributed by atoms with E-state index in [-0.39, 0.29) is 25.6 Å². The number of carbonyl (C=O) groups is 1. The van der Waals surface area contributed by atoms with Crippen LogP contribution in [0.1, 0.15) is 11.1 Å². The molecule has 0 aromatic heterocycles. The van der Waals surface area contributed by atoms with Crippen molar-refractivity contribution in [3.8, 4) is 5.75 Å². The highest BCUT2D eigenvalue weighted by molar-refractivity contribution is 6.32. The van der Waals surface area contributed by atoms with E-state index in [0.29, 0.717) is 10.8 Å². The fourth-order valence-corrected chi connectivity index (χ4v) is 2.94. The lowest BCUT2D eigenvalue weighted by Crippen LogP contribution is -2.38. The first kappa shape index (κ1) is 20.7. The van der Waals surface area contributed by atoms with Crippen molar-refractivity contribution in [2.24, 2.45) is 0 Å². The van der Waals surface area contributed by atoms with Gasteiger partial charge in [0, 0.05) is 12.4 Å².